The Hall–Kier alpha value is -3.02. The van der Waals surface area contributed by atoms with Crippen molar-refractivity contribution in [2.45, 2.75) is 18.4 Å². The minimum absolute atomic E-state index is 0.0100. The lowest BCUT2D eigenvalue weighted by Gasteiger charge is -2.22. The van der Waals surface area contributed by atoms with Crippen LogP contribution in [0.3, 0.4) is 0 Å². The fraction of sp³-hybridized carbons (Fsp3) is 0.300. The Bertz CT molecular complexity index is 850. The number of methoxy groups -OCH3 is 1. The molecule has 4 rings (SSSR count). The van der Waals surface area contributed by atoms with E-state index in [1.807, 2.05) is 48.5 Å². The molecule has 134 valence electrons. The van der Waals surface area contributed by atoms with Crippen molar-refractivity contribution in [2.24, 2.45) is 0 Å². The van der Waals surface area contributed by atoms with Crippen LogP contribution in [0, 0.1) is 0 Å². The van der Waals surface area contributed by atoms with E-state index in [4.69, 9.17) is 4.74 Å². The highest BCUT2D eigenvalue weighted by Crippen LogP contribution is 2.43. The summed E-state index contributed by atoms with van der Waals surface area (Å²) >= 11 is 0. The molecule has 1 atom stereocenters. The van der Waals surface area contributed by atoms with Crippen LogP contribution in [0.1, 0.15) is 17.5 Å². The number of carbonyl (C=O) groups is 2. The van der Waals surface area contributed by atoms with Gasteiger partial charge >= 0.3 is 6.03 Å². The molecule has 26 heavy (non-hydrogen) atoms. The molecule has 2 heterocycles. The molecule has 2 aromatic rings. The first-order valence-electron chi connectivity index (χ1n) is 8.69. The van der Waals surface area contributed by atoms with Crippen LogP contribution in [0.4, 0.5) is 10.5 Å². The quantitative estimate of drug-likeness (QED) is 0.893. The number of amides is 3. The lowest BCUT2D eigenvalue weighted by atomic mass is 9.81. The first kappa shape index (κ1) is 16.4. The number of likely N-dealkylation sites (tertiary alicyclic amines) is 1. The molecule has 0 radical (unpaired) electrons. The standard InChI is InChI=1S/C20H21N3O3/c1-26-15-8-6-14(7-9-15)12-21-19(25)23-11-10-20(13-23)16-4-2-3-5-17(16)22-18(20)24/h2-9H,10-13H2,1H3,(H,21,25)(H,22,24). The normalized spacial score (nSPS) is 20.8. The molecule has 1 unspecified atom stereocenters. The summed E-state index contributed by atoms with van der Waals surface area (Å²) in [6, 6.07) is 15.2. The van der Waals surface area contributed by atoms with Crippen molar-refractivity contribution in [3.8, 4) is 5.75 Å². The van der Waals surface area contributed by atoms with Crippen molar-refractivity contribution >= 4 is 17.6 Å². The molecular weight excluding hydrogens is 330 g/mol. The molecule has 1 saturated heterocycles. The maximum absolute atomic E-state index is 12.6. The van der Waals surface area contributed by atoms with Crippen LogP contribution in [0.2, 0.25) is 0 Å². The van der Waals surface area contributed by atoms with E-state index in [1.54, 1.807) is 12.0 Å². The number of hydrogen-bond acceptors (Lipinski definition) is 3. The number of nitrogens with zero attached hydrogens (tertiary/aromatic N) is 1. The summed E-state index contributed by atoms with van der Waals surface area (Å²) in [5.74, 6) is 0.775. The number of fused-ring (bicyclic) bond motifs is 2. The third-order valence-electron chi connectivity index (χ3n) is 5.28. The van der Waals surface area contributed by atoms with E-state index in [0.29, 0.717) is 26.1 Å². The molecule has 6 nitrogen and oxygen atoms in total. The van der Waals surface area contributed by atoms with Crippen LogP contribution in [0.15, 0.2) is 48.5 Å². The molecule has 2 aliphatic rings. The van der Waals surface area contributed by atoms with Gasteiger partial charge < -0.3 is 20.3 Å². The SMILES string of the molecule is COc1ccc(CNC(=O)N2CCC3(C2)C(=O)Nc2ccccc23)cc1. The van der Waals surface area contributed by atoms with E-state index in [0.717, 1.165) is 22.6 Å². The zero-order valence-corrected chi connectivity index (χ0v) is 14.6. The van der Waals surface area contributed by atoms with Gasteiger partial charge in [-0.15, -0.1) is 0 Å². The molecule has 2 N–H and O–H groups in total. The summed E-state index contributed by atoms with van der Waals surface area (Å²) in [5, 5.41) is 5.89. The molecule has 0 saturated carbocycles. The van der Waals surface area contributed by atoms with Crippen LogP contribution in [-0.4, -0.2) is 37.0 Å². The summed E-state index contributed by atoms with van der Waals surface area (Å²) in [4.78, 5) is 26.9. The van der Waals surface area contributed by atoms with Gasteiger partial charge in [-0.25, -0.2) is 4.79 Å². The van der Waals surface area contributed by atoms with Gasteiger partial charge in [0.25, 0.3) is 0 Å². The molecule has 2 aromatic carbocycles. The van der Waals surface area contributed by atoms with E-state index in [2.05, 4.69) is 10.6 Å². The molecule has 1 spiro atoms. The zero-order chi connectivity index (χ0) is 18.1. The van der Waals surface area contributed by atoms with Gasteiger partial charge in [0.2, 0.25) is 5.91 Å². The van der Waals surface area contributed by atoms with Crippen LogP contribution < -0.4 is 15.4 Å². The molecule has 0 aromatic heterocycles. The van der Waals surface area contributed by atoms with Gasteiger partial charge in [0, 0.05) is 25.3 Å². The average molecular weight is 351 g/mol. The third kappa shape index (κ3) is 2.67. The van der Waals surface area contributed by atoms with E-state index in [9.17, 15) is 9.59 Å². The molecule has 0 bridgehead atoms. The van der Waals surface area contributed by atoms with Gasteiger partial charge in [0.15, 0.2) is 0 Å². The highest BCUT2D eigenvalue weighted by atomic mass is 16.5. The number of urea groups is 1. The Labute approximate surface area is 152 Å². The van der Waals surface area contributed by atoms with Gasteiger partial charge in [-0.05, 0) is 35.7 Å². The minimum atomic E-state index is -0.617. The Balaban J connectivity index is 1.42. The molecular formula is C20H21N3O3. The maximum atomic E-state index is 12.6. The average Bonchev–Trinajstić information content (AvgIpc) is 3.24. The van der Waals surface area contributed by atoms with Crippen LogP contribution in [-0.2, 0) is 16.8 Å². The largest absolute Gasteiger partial charge is 0.497 e. The molecule has 2 aliphatic heterocycles. The fourth-order valence-corrected chi connectivity index (χ4v) is 3.79. The molecule has 0 aliphatic carbocycles. The van der Waals surface area contributed by atoms with Crippen molar-refractivity contribution in [1.82, 2.24) is 10.2 Å². The third-order valence-corrected chi connectivity index (χ3v) is 5.28. The first-order chi connectivity index (χ1) is 12.6. The monoisotopic (exact) mass is 351 g/mol. The van der Waals surface area contributed by atoms with E-state index in [-0.39, 0.29) is 11.9 Å². The number of hydrogen-bond donors (Lipinski definition) is 2. The lowest BCUT2D eigenvalue weighted by molar-refractivity contribution is -0.120. The Morgan fingerprint density at radius 1 is 1.23 bits per heavy atom. The van der Waals surface area contributed by atoms with E-state index in [1.165, 1.54) is 0 Å². The second kappa shape index (κ2) is 6.37. The van der Waals surface area contributed by atoms with Crippen LogP contribution in [0.25, 0.3) is 0 Å². The summed E-state index contributed by atoms with van der Waals surface area (Å²) in [6.45, 7) is 1.41. The topological polar surface area (TPSA) is 70.7 Å². The summed E-state index contributed by atoms with van der Waals surface area (Å²) in [5.41, 5.74) is 2.24. The first-order valence-corrected chi connectivity index (χ1v) is 8.69. The predicted molar refractivity (Wildman–Crippen MR) is 98.2 cm³/mol. The number of para-hydroxylation sites is 1. The highest BCUT2D eigenvalue weighted by Gasteiger charge is 2.51. The van der Waals surface area contributed by atoms with Crippen LogP contribution in [0.5, 0.6) is 5.75 Å². The minimum Gasteiger partial charge on any atom is -0.497 e. The number of rotatable bonds is 3. The highest BCUT2D eigenvalue weighted by molar-refractivity contribution is 6.07. The summed E-state index contributed by atoms with van der Waals surface area (Å²) < 4.78 is 5.13. The second-order valence-corrected chi connectivity index (χ2v) is 6.76. The summed E-state index contributed by atoms with van der Waals surface area (Å²) in [6.07, 6.45) is 0.645. The number of benzene rings is 2. The number of carbonyl (C=O) groups excluding carboxylic acids is 2. The van der Waals surface area contributed by atoms with Crippen molar-refractivity contribution < 1.29 is 14.3 Å². The van der Waals surface area contributed by atoms with Crippen molar-refractivity contribution in [3.05, 3.63) is 59.7 Å². The predicted octanol–water partition coefficient (Wildman–Crippen LogP) is 2.50. The molecule has 3 amide bonds. The Morgan fingerprint density at radius 3 is 2.77 bits per heavy atom. The Kier molecular flexibility index (Phi) is 4.03. The van der Waals surface area contributed by atoms with Gasteiger partial charge in [-0.2, -0.15) is 0 Å². The van der Waals surface area contributed by atoms with Crippen molar-refractivity contribution in [1.29, 1.82) is 0 Å². The number of ether oxygens (including phenoxy) is 1. The van der Waals surface area contributed by atoms with Crippen molar-refractivity contribution in [3.63, 3.8) is 0 Å². The fourth-order valence-electron chi connectivity index (χ4n) is 3.79. The smallest absolute Gasteiger partial charge is 0.317 e. The van der Waals surface area contributed by atoms with Gasteiger partial charge in [0.1, 0.15) is 5.75 Å². The lowest BCUT2D eigenvalue weighted by Crippen LogP contribution is -2.42. The van der Waals surface area contributed by atoms with Crippen molar-refractivity contribution in [2.75, 3.05) is 25.5 Å². The zero-order valence-electron chi connectivity index (χ0n) is 14.6. The van der Waals surface area contributed by atoms with E-state index < -0.39 is 5.41 Å². The maximum Gasteiger partial charge on any atom is 0.317 e. The number of anilines is 1. The van der Waals surface area contributed by atoms with Crippen LogP contribution >= 0.6 is 0 Å². The van der Waals surface area contributed by atoms with Gasteiger partial charge in [-0.1, -0.05) is 30.3 Å². The van der Waals surface area contributed by atoms with Gasteiger partial charge in [0.05, 0.1) is 12.5 Å². The molecule has 6 heteroatoms. The number of nitrogens with one attached hydrogen (secondary N) is 2. The second-order valence-electron chi connectivity index (χ2n) is 6.76. The van der Waals surface area contributed by atoms with Gasteiger partial charge in [-0.3, -0.25) is 4.79 Å². The van der Waals surface area contributed by atoms with E-state index >= 15 is 0 Å². The Morgan fingerprint density at radius 2 is 2.00 bits per heavy atom. The summed E-state index contributed by atoms with van der Waals surface area (Å²) in [7, 11) is 1.62. The molecule has 1 fully saturated rings.